The predicted molar refractivity (Wildman–Crippen MR) is 83.2 cm³/mol. The third kappa shape index (κ3) is 2.54. The Morgan fingerprint density at radius 2 is 2.05 bits per heavy atom. The Morgan fingerprint density at radius 3 is 2.71 bits per heavy atom. The summed E-state index contributed by atoms with van der Waals surface area (Å²) in [7, 11) is 0. The highest BCUT2D eigenvalue weighted by atomic mass is 35.5. The van der Waals surface area contributed by atoms with Gasteiger partial charge in [-0.1, -0.05) is 23.7 Å². The van der Waals surface area contributed by atoms with Crippen molar-refractivity contribution in [2.24, 2.45) is 0 Å². The Kier molecular flexibility index (Phi) is 3.47. The van der Waals surface area contributed by atoms with Crippen molar-refractivity contribution in [2.75, 3.05) is 5.73 Å². The largest absolute Gasteiger partial charge is 0.383 e. The molecule has 106 valence electrons. The van der Waals surface area contributed by atoms with Gasteiger partial charge in [0.05, 0.1) is 5.02 Å². The van der Waals surface area contributed by atoms with Crippen LogP contribution in [0.1, 0.15) is 40.2 Å². The Bertz CT molecular complexity index is 738. The number of benzene rings is 1. The van der Waals surface area contributed by atoms with E-state index < -0.39 is 5.78 Å². The molecular weight excluding hydrogens is 286 g/mol. The summed E-state index contributed by atoms with van der Waals surface area (Å²) in [5.41, 5.74) is 7.27. The van der Waals surface area contributed by atoms with E-state index in [4.69, 9.17) is 22.7 Å². The van der Waals surface area contributed by atoms with E-state index in [0.717, 1.165) is 18.4 Å². The monoisotopic (exact) mass is 299 g/mol. The predicted octanol–water partition coefficient (Wildman–Crippen LogP) is 3.45. The molecule has 0 unspecified atom stereocenters. The maximum absolute atomic E-state index is 12.7. The summed E-state index contributed by atoms with van der Waals surface area (Å²) in [4.78, 5) is 16.6. The standard InChI is InChI=1S/C16H14ClN3O/c17-12-5-1-3-10(9-6-7-9)13(12)15(21)14(18)11-4-2-8-20-16(11)19/h1-5,8-9,18H,6-7H2,(H2,19,20). The van der Waals surface area contributed by atoms with Crippen molar-refractivity contribution in [2.45, 2.75) is 18.8 Å². The number of carbonyl (C=O) groups is 1. The molecule has 21 heavy (non-hydrogen) atoms. The lowest BCUT2D eigenvalue weighted by molar-refractivity contribution is 0.106. The van der Waals surface area contributed by atoms with Crippen LogP contribution in [0.3, 0.4) is 0 Å². The number of anilines is 1. The third-order valence-electron chi connectivity index (χ3n) is 3.63. The van der Waals surface area contributed by atoms with Crippen LogP contribution in [0.15, 0.2) is 36.5 Å². The number of pyridine rings is 1. The number of hydrogen-bond acceptors (Lipinski definition) is 4. The number of nitrogens with zero attached hydrogens (tertiary/aromatic N) is 1. The van der Waals surface area contributed by atoms with Gasteiger partial charge in [-0.05, 0) is 42.5 Å². The summed E-state index contributed by atoms with van der Waals surface area (Å²) in [5.74, 6) is 0.153. The van der Waals surface area contributed by atoms with Crippen LogP contribution in [0, 0.1) is 5.41 Å². The molecule has 0 spiro atoms. The van der Waals surface area contributed by atoms with Gasteiger partial charge in [0.2, 0.25) is 5.78 Å². The van der Waals surface area contributed by atoms with Crippen LogP contribution >= 0.6 is 11.6 Å². The lowest BCUT2D eigenvalue weighted by Crippen LogP contribution is -2.18. The summed E-state index contributed by atoms with van der Waals surface area (Å²) in [6.07, 6.45) is 3.65. The minimum atomic E-state index is -0.401. The Morgan fingerprint density at radius 1 is 1.29 bits per heavy atom. The van der Waals surface area contributed by atoms with Gasteiger partial charge < -0.3 is 5.73 Å². The first-order chi connectivity index (χ1) is 10.1. The molecule has 0 aliphatic heterocycles. The molecule has 1 aromatic heterocycles. The van der Waals surface area contributed by atoms with Gasteiger partial charge in [-0.2, -0.15) is 0 Å². The number of ketones is 1. The molecule has 1 aliphatic carbocycles. The SMILES string of the molecule is N=C(C(=O)c1c(Cl)cccc1C1CC1)c1cccnc1N. The molecule has 1 heterocycles. The average Bonchev–Trinajstić information content (AvgIpc) is 3.31. The second-order valence-electron chi connectivity index (χ2n) is 5.12. The number of nitrogens with one attached hydrogen (secondary N) is 1. The van der Waals surface area contributed by atoms with Gasteiger partial charge in [0.25, 0.3) is 0 Å². The summed E-state index contributed by atoms with van der Waals surface area (Å²) in [5, 5.41) is 8.53. The van der Waals surface area contributed by atoms with Gasteiger partial charge in [0, 0.05) is 17.3 Å². The first-order valence-corrected chi connectivity index (χ1v) is 7.10. The van der Waals surface area contributed by atoms with E-state index in [1.807, 2.05) is 12.1 Å². The molecule has 0 atom stereocenters. The second-order valence-corrected chi connectivity index (χ2v) is 5.53. The van der Waals surface area contributed by atoms with E-state index in [1.165, 1.54) is 6.20 Å². The number of nitrogen functional groups attached to an aromatic ring is 1. The van der Waals surface area contributed by atoms with Gasteiger partial charge in [-0.15, -0.1) is 0 Å². The average molecular weight is 300 g/mol. The van der Waals surface area contributed by atoms with Crippen LogP contribution in [0.25, 0.3) is 0 Å². The molecule has 1 aliphatic rings. The van der Waals surface area contributed by atoms with Crippen molar-refractivity contribution >= 4 is 28.9 Å². The normalized spacial score (nSPS) is 14.0. The maximum Gasteiger partial charge on any atom is 0.213 e. The lowest BCUT2D eigenvalue weighted by atomic mass is 9.95. The topological polar surface area (TPSA) is 79.8 Å². The molecule has 1 saturated carbocycles. The van der Waals surface area contributed by atoms with Crippen molar-refractivity contribution in [1.29, 1.82) is 5.41 Å². The van der Waals surface area contributed by atoms with Crippen LogP contribution in [0.2, 0.25) is 5.02 Å². The fraction of sp³-hybridized carbons (Fsp3) is 0.188. The van der Waals surface area contributed by atoms with Crippen LogP contribution in [0.5, 0.6) is 0 Å². The molecule has 5 heteroatoms. The van der Waals surface area contributed by atoms with E-state index >= 15 is 0 Å². The van der Waals surface area contributed by atoms with Crippen LogP contribution in [-0.4, -0.2) is 16.5 Å². The highest BCUT2D eigenvalue weighted by Gasteiger charge is 2.31. The fourth-order valence-electron chi connectivity index (χ4n) is 2.39. The summed E-state index contributed by atoms with van der Waals surface area (Å²) >= 11 is 6.20. The zero-order valence-corrected chi connectivity index (χ0v) is 12.0. The number of carbonyl (C=O) groups excluding carboxylic acids is 1. The number of halogens is 1. The molecule has 0 saturated heterocycles. The summed E-state index contributed by atoms with van der Waals surface area (Å²) < 4.78 is 0. The molecular formula is C16H14ClN3O. The highest BCUT2D eigenvalue weighted by molar-refractivity contribution is 6.53. The van der Waals surface area contributed by atoms with Crippen molar-refractivity contribution in [1.82, 2.24) is 4.98 Å². The van der Waals surface area contributed by atoms with E-state index in [-0.39, 0.29) is 11.5 Å². The van der Waals surface area contributed by atoms with Crippen LogP contribution < -0.4 is 5.73 Å². The maximum atomic E-state index is 12.7. The Labute approximate surface area is 127 Å². The third-order valence-corrected chi connectivity index (χ3v) is 3.94. The number of Topliss-reactive ketones (excluding diaryl/α,β-unsaturated/α-hetero) is 1. The van der Waals surface area contributed by atoms with Crippen LogP contribution in [0.4, 0.5) is 5.82 Å². The molecule has 2 aromatic rings. The van der Waals surface area contributed by atoms with E-state index in [0.29, 0.717) is 22.1 Å². The fourth-order valence-corrected chi connectivity index (χ4v) is 2.66. The van der Waals surface area contributed by atoms with Gasteiger partial charge in [0.15, 0.2) is 0 Å². The highest BCUT2D eigenvalue weighted by Crippen LogP contribution is 2.43. The first-order valence-electron chi connectivity index (χ1n) is 6.72. The minimum absolute atomic E-state index is 0.171. The van der Waals surface area contributed by atoms with Gasteiger partial charge >= 0.3 is 0 Å². The van der Waals surface area contributed by atoms with Gasteiger partial charge in [0.1, 0.15) is 11.5 Å². The molecule has 1 aromatic carbocycles. The zero-order valence-electron chi connectivity index (χ0n) is 11.3. The van der Waals surface area contributed by atoms with E-state index in [1.54, 1.807) is 18.2 Å². The van der Waals surface area contributed by atoms with E-state index in [9.17, 15) is 4.79 Å². The second kappa shape index (κ2) is 5.30. The minimum Gasteiger partial charge on any atom is -0.383 e. The van der Waals surface area contributed by atoms with Crippen molar-refractivity contribution in [3.05, 3.63) is 58.2 Å². The lowest BCUT2D eigenvalue weighted by Gasteiger charge is -2.11. The van der Waals surface area contributed by atoms with Crippen molar-refractivity contribution < 1.29 is 4.79 Å². The smallest absolute Gasteiger partial charge is 0.213 e. The number of nitrogens with two attached hydrogens (primary N) is 1. The molecule has 3 N–H and O–H groups in total. The molecule has 0 amide bonds. The van der Waals surface area contributed by atoms with Gasteiger partial charge in [-0.3, -0.25) is 10.2 Å². The van der Waals surface area contributed by atoms with E-state index in [2.05, 4.69) is 4.98 Å². The number of hydrogen-bond donors (Lipinski definition) is 2. The van der Waals surface area contributed by atoms with Crippen LogP contribution in [-0.2, 0) is 0 Å². The Balaban J connectivity index is 2.03. The number of rotatable bonds is 4. The molecule has 3 rings (SSSR count). The first kappa shape index (κ1) is 13.8. The van der Waals surface area contributed by atoms with Crippen molar-refractivity contribution in [3.8, 4) is 0 Å². The molecule has 0 radical (unpaired) electrons. The Hall–Kier alpha value is -2.20. The van der Waals surface area contributed by atoms with Crippen molar-refractivity contribution in [3.63, 3.8) is 0 Å². The quantitative estimate of drug-likeness (QED) is 0.670. The van der Waals surface area contributed by atoms with Gasteiger partial charge in [-0.25, -0.2) is 4.98 Å². The zero-order chi connectivity index (χ0) is 15.0. The molecule has 0 bridgehead atoms. The summed E-state index contributed by atoms with van der Waals surface area (Å²) in [6, 6.07) is 8.71. The summed E-state index contributed by atoms with van der Waals surface area (Å²) in [6.45, 7) is 0. The number of aromatic nitrogens is 1. The molecule has 1 fully saturated rings. The molecule has 4 nitrogen and oxygen atoms in total.